The van der Waals surface area contributed by atoms with Gasteiger partial charge in [-0.15, -0.1) is 12.4 Å². The van der Waals surface area contributed by atoms with E-state index in [0.29, 0.717) is 0 Å². The van der Waals surface area contributed by atoms with Gasteiger partial charge in [-0.3, -0.25) is 4.79 Å². The Kier molecular flexibility index (Phi) is 4.73. The zero-order valence-electron chi connectivity index (χ0n) is 9.90. The molecule has 1 N–H and O–H groups in total. The predicted molar refractivity (Wildman–Crippen MR) is 70.9 cm³/mol. The lowest BCUT2D eigenvalue weighted by Gasteiger charge is -2.12. The number of halogens is 1. The second-order valence-corrected chi connectivity index (χ2v) is 3.79. The quantitative estimate of drug-likeness (QED) is 0.852. The zero-order valence-corrected chi connectivity index (χ0v) is 10.7. The molecule has 1 unspecified atom stereocenters. The van der Waals surface area contributed by atoms with Crippen molar-refractivity contribution in [2.24, 2.45) is 0 Å². The van der Waals surface area contributed by atoms with E-state index in [1.54, 1.807) is 6.26 Å². The van der Waals surface area contributed by atoms with Gasteiger partial charge < -0.3 is 9.73 Å². The summed E-state index contributed by atoms with van der Waals surface area (Å²) in [5.74, 6) is 0.133. The fraction of sp³-hybridized carbons (Fsp3) is 0.308. The van der Waals surface area contributed by atoms with Gasteiger partial charge in [-0.2, -0.15) is 0 Å². The third-order valence-corrected chi connectivity index (χ3v) is 2.81. The molecule has 1 aromatic carbocycles. The lowest BCUT2D eigenvalue weighted by molar-refractivity contribution is 0.0945. The molecule has 1 aromatic heterocycles. The molecule has 17 heavy (non-hydrogen) atoms. The molecule has 0 radical (unpaired) electrons. The summed E-state index contributed by atoms with van der Waals surface area (Å²) in [4.78, 5) is 12.1. The number of Topliss-reactive ketones (excluding diaryl/α,β-unsaturated/α-hetero) is 1. The van der Waals surface area contributed by atoms with Gasteiger partial charge in [0.25, 0.3) is 0 Å². The van der Waals surface area contributed by atoms with Crippen molar-refractivity contribution < 1.29 is 9.21 Å². The lowest BCUT2D eigenvalue weighted by Crippen LogP contribution is -2.33. The Morgan fingerprint density at radius 3 is 2.82 bits per heavy atom. The van der Waals surface area contributed by atoms with E-state index < -0.39 is 0 Å². The Bertz CT molecular complexity index is 503. The van der Waals surface area contributed by atoms with Gasteiger partial charge in [-0.1, -0.05) is 6.92 Å². The first-order valence-corrected chi connectivity index (χ1v) is 5.45. The molecule has 3 nitrogen and oxygen atoms in total. The maximum absolute atomic E-state index is 12.1. The fourth-order valence-electron chi connectivity index (χ4n) is 1.84. The number of likely N-dealkylation sites (N-methyl/N-ethyl adjacent to an activating group) is 1. The topological polar surface area (TPSA) is 42.2 Å². The molecule has 4 heteroatoms. The fourth-order valence-corrected chi connectivity index (χ4v) is 1.84. The highest BCUT2D eigenvalue weighted by Crippen LogP contribution is 2.18. The average Bonchev–Trinajstić information content (AvgIpc) is 2.77. The summed E-state index contributed by atoms with van der Waals surface area (Å²) in [5.41, 5.74) is 1.55. The third-order valence-electron chi connectivity index (χ3n) is 2.81. The van der Waals surface area contributed by atoms with Crippen molar-refractivity contribution in [3.8, 4) is 0 Å². The highest BCUT2D eigenvalue weighted by Gasteiger charge is 2.16. The smallest absolute Gasteiger partial charge is 0.179 e. The molecular formula is C13H16ClNO2. The number of nitrogens with one attached hydrogen (secondary N) is 1. The van der Waals surface area contributed by atoms with E-state index in [4.69, 9.17) is 4.42 Å². The van der Waals surface area contributed by atoms with Crippen LogP contribution >= 0.6 is 12.4 Å². The molecule has 0 aliphatic rings. The van der Waals surface area contributed by atoms with E-state index in [2.05, 4.69) is 5.32 Å². The van der Waals surface area contributed by atoms with Crippen LogP contribution in [0.4, 0.5) is 0 Å². The van der Waals surface area contributed by atoms with E-state index in [-0.39, 0.29) is 24.2 Å². The van der Waals surface area contributed by atoms with E-state index in [0.717, 1.165) is 23.0 Å². The molecule has 0 fully saturated rings. The summed E-state index contributed by atoms with van der Waals surface area (Å²) in [5, 5.41) is 3.99. The number of hydrogen-bond acceptors (Lipinski definition) is 3. The summed E-state index contributed by atoms with van der Waals surface area (Å²) < 4.78 is 5.24. The van der Waals surface area contributed by atoms with Crippen LogP contribution in [0.15, 0.2) is 34.9 Å². The molecule has 0 aliphatic heterocycles. The second-order valence-electron chi connectivity index (χ2n) is 3.79. The van der Waals surface area contributed by atoms with Gasteiger partial charge in [-0.25, -0.2) is 0 Å². The van der Waals surface area contributed by atoms with Crippen molar-refractivity contribution in [2.45, 2.75) is 19.4 Å². The Hall–Kier alpha value is -1.32. The molecule has 0 saturated carbocycles. The van der Waals surface area contributed by atoms with Crippen LogP contribution in [-0.2, 0) is 0 Å². The largest absolute Gasteiger partial charge is 0.464 e. The van der Waals surface area contributed by atoms with Crippen LogP contribution in [0.3, 0.4) is 0 Å². The number of benzene rings is 1. The van der Waals surface area contributed by atoms with Gasteiger partial charge in [0, 0.05) is 10.9 Å². The van der Waals surface area contributed by atoms with E-state index in [1.807, 2.05) is 38.2 Å². The molecule has 2 aromatic rings. The van der Waals surface area contributed by atoms with Crippen molar-refractivity contribution in [1.82, 2.24) is 5.32 Å². The number of carbonyl (C=O) groups is 1. The number of hydrogen-bond donors (Lipinski definition) is 1. The summed E-state index contributed by atoms with van der Waals surface area (Å²) in [6.07, 6.45) is 2.42. The minimum absolute atomic E-state index is 0. The van der Waals surface area contributed by atoms with Crippen molar-refractivity contribution in [2.75, 3.05) is 7.05 Å². The second kappa shape index (κ2) is 5.84. The summed E-state index contributed by atoms with van der Waals surface area (Å²) in [6, 6.07) is 7.29. The SMILES string of the molecule is CCC(NC)C(=O)c1ccc2occc2c1.Cl. The minimum Gasteiger partial charge on any atom is -0.464 e. The summed E-state index contributed by atoms with van der Waals surface area (Å²) >= 11 is 0. The highest BCUT2D eigenvalue weighted by atomic mass is 35.5. The van der Waals surface area contributed by atoms with Crippen molar-refractivity contribution in [3.05, 3.63) is 36.1 Å². The maximum atomic E-state index is 12.1. The number of fused-ring (bicyclic) bond motifs is 1. The first-order chi connectivity index (χ1) is 7.76. The molecule has 2 rings (SSSR count). The van der Waals surface area contributed by atoms with Gasteiger partial charge in [0.05, 0.1) is 12.3 Å². The predicted octanol–water partition coefficient (Wildman–Crippen LogP) is 3.04. The van der Waals surface area contributed by atoms with Gasteiger partial charge in [0.2, 0.25) is 0 Å². The van der Waals surface area contributed by atoms with Crippen molar-refractivity contribution >= 4 is 29.2 Å². The Labute approximate surface area is 107 Å². The summed E-state index contributed by atoms with van der Waals surface area (Å²) in [6.45, 7) is 2.00. The lowest BCUT2D eigenvalue weighted by atomic mass is 10.0. The molecule has 1 atom stereocenters. The number of carbonyl (C=O) groups excluding carboxylic acids is 1. The first-order valence-electron chi connectivity index (χ1n) is 5.45. The maximum Gasteiger partial charge on any atom is 0.179 e. The molecule has 92 valence electrons. The summed E-state index contributed by atoms with van der Waals surface area (Å²) in [7, 11) is 1.81. The molecule has 1 heterocycles. The van der Waals surface area contributed by atoms with Gasteiger partial charge >= 0.3 is 0 Å². The van der Waals surface area contributed by atoms with Crippen molar-refractivity contribution in [3.63, 3.8) is 0 Å². The minimum atomic E-state index is -0.107. The van der Waals surface area contributed by atoms with Gasteiger partial charge in [-0.05, 0) is 37.7 Å². The Morgan fingerprint density at radius 1 is 1.41 bits per heavy atom. The first kappa shape index (κ1) is 13.7. The monoisotopic (exact) mass is 253 g/mol. The van der Waals surface area contributed by atoms with Crippen LogP contribution in [0.1, 0.15) is 23.7 Å². The van der Waals surface area contributed by atoms with Crippen LogP contribution in [0.2, 0.25) is 0 Å². The van der Waals surface area contributed by atoms with Crippen LogP contribution in [0.25, 0.3) is 11.0 Å². The Balaban J connectivity index is 0.00000144. The highest BCUT2D eigenvalue weighted by molar-refractivity contribution is 6.02. The standard InChI is InChI=1S/C13H15NO2.ClH/c1-3-11(14-2)13(15)10-4-5-12-9(8-10)6-7-16-12;/h4-8,11,14H,3H2,1-2H3;1H. The normalized spacial score (nSPS) is 12.1. The van der Waals surface area contributed by atoms with Crippen LogP contribution < -0.4 is 5.32 Å². The number of rotatable bonds is 4. The molecule has 0 bridgehead atoms. The Morgan fingerprint density at radius 2 is 2.18 bits per heavy atom. The molecule has 0 amide bonds. The van der Waals surface area contributed by atoms with E-state index >= 15 is 0 Å². The van der Waals surface area contributed by atoms with Crippen molar-refractivity contribution in [1.29, 1.82) is 0 Å². The third kappa shape index (κ3) is 2.68. The van der Waals surface area contributed by atoms with E-state index in [1.165, 1.54) is 0 Å². The molecule has 0 aliphatic carbocycles. The zero-order chi connectivity index (χ0) is 11.5. The van der Waals surface area contributed by atoms with Crippen LogP contribution in [0.5, 0.6) is 0 Å². The number of furan rings is 1. The van der Waals surface area contributed by atoms with Crippen LogP contribution in [-0.4, -0.2) is 18.9 Å². The molecule has 0 spiro atoms. The average molecular weight is 254 g/mol. The number of ketones is 1. The van der Waals surface area contributed by atoms with Crippen LogP contribution in [0, 0.1) is 0 Å². The molecular weight excluding hydrogens is 238 g/mol. The molecule has 0 saturated heterocycles. The van der Waals surface area contributed by atoms with Gasteiger partial charge in [0.1, 0.15) is 5.58 Å². The van der Waals surface area contributed by atoms with E-state index in [9.17, 15) is 4.79 Å². The van der Waals surface area contributed by atoms with Gasteiger partial charge in [0.15, 0.2) is 5.78 Å².